The van der Waals surface area contributed by atoms with Crippen molar-refractivity contribution >= 4 is 5.91 Å². The zero-order chi connectivity index (χ0) is 25.0. The molecule has 0 spiro atoms. The Bertz CT molecular complexity index is 1270. The smallest absolute Gasteiger partial charge is 0.251 e. The van der Waals surface area contributed by atoms with Crippen molar-refractivity contribution in [2.24, 2.45) is 5.92 Å². The van der Waals surface area contributed by atoms with E-state index in [1.165, 1.54) is 0 Å². The van der Waals surface area contributed by atoms with Crippen LogP contribution < -0.4 is 14.8 Å². The molecule has 0 aromatic heterocycles. The van der Waals surface area contributed by atoms with Crippen molar-refractivity contribution in [1.29, 1.82) is 0 Å². The van der Waals surface area contributed by atoms with Gasteiger partial charge in [0.05, 0.1) is 7.11 Å². The Kier molecular flexibility index (Phi) is 6.95. The first-order valence-electron chi connectivity index (χ1n) is 12.3. The second-order valence-electron chi connectivity index (χ2n) is 9.41. The summed E-state index contributed by atoms with van der Waals surface area (Å²) < 4.78 is 11.1. The van der Waals surface area contributed by atoms with E-state index in [4.69, 9.17) is 9.47 Å². The quantitative estimate of drug-likeness (QED) is 0.515. The van der Waals surface area contributed by atoms with E-state index in [0.717, 1.165) is 42.8 Å². The molecule has 3 aliphatic heterocycles. The standard InChI is InChI=1S/C30H30N2O4/c1-35-28-4-2-3-23(19-28)20-31-29(33)24-7-11-27(12-8-24)36-26-9-5-22(6-10-26)13-16-30(34)21-32-17-14-25(30)15-18-32/h2-12,19,25,34H,14-15,17-18,20-21H2,1H3,(H,31,33)/t30-/m0/s1. The summed E-state index contributed by atoms with van der Waals surface area (Å²) in [5.74, 6) is 8.47. The lowest BCUT2D eigenvalue weighted by Gasteiger charge is -2.47. The number of ether oxygens (including phenoxy) is 2. The third-order valence-electron chi connectivity index (χ3n) is 6.94. The minimum Gasteiger partial charge on any atom is -0.497 e. The Morgan fingerprint density at radius 2 is 1.72 bits per heavy atom. The number of amides is 1. The second-order valence-corrected chi connectivity index (χ2v) is 9.41. The molecule has 6 rings (SSSR count). The van der Waals surface area contributed by atoms with E-state index in [-0.39, 0.29) is 11.8 Å². The lowest BCUT2D eigenvalue weighted by atomic mass is 9.76. The fourth-order valence-electron chi connectivity index (χ4n) is 4.84. The summed E-state index contributed by atoms with van der Waals surface area (Å²) >= 11 is 0. The van der Waals surface area contributed by atoms with E-state index in [0.29, 0.717) is 30.2 Å². The number of fused-ring (bicyclic) bond motifs is 3. The molecule has 1 amide bonds. The maximum absolute atomic E-state index is 12.5. The number of rotatable bonds is 6. The molecule has 2 bridgehead atoms. The highest BCUT2D eigenvalue weighted by Crippen LogP contribution is 2.35. The van der Waals surface area contributed by atoms with Crippen LogP contribution in [0.5, 0.6) is 17.2 Å². The summed E-state index contributed by atoms with van der Waals surface area (Å²) in [6.07, 6.45) is 2.03. The van der Waals surface area contributed by atoms with Crippen LogP contribution in [0.15, 0.2) is 72.8 Å². The molecule has 6 heteroatoms. The van der Waals surface area contributed by atoms with E-state index in [1.807, 2.05) is 48.5 Å². The number of benzene rings is 3. The van der Waals surface area contributed by atoms with E-state index < -0.39 is 5.60 Å². The van der Waals surface area contributed by atoms with Crippen molar-refractivity contribution < 1.29 is 19.4 Å². The van der Waals surface area contributed by atoms with Crippen molar-refractivity contribution in [2.45, 2.75) is 25.0 Å². The molecule has 0 radical (unpaired) electrons. The predicted molar refractivity (Wildman–Crippen MR) is 138 cm³/mol. The van der Waals surface area contributed by atoms with Gasteiger partial charge in [-0.05, 0) is 92.2 Å². The summed E-state index contributed by atoms with van der Waals surface area (Å²) in [5.41, 5.74) is 1.46. The van der Waals surface area contributed by atoms with Gasteiger partial charge in [-0.2, -0.15) is 0 Å². The third-order valence-corrected chi connectivity index (χ3v) is 6.94. The Balaban J connectivity index is 1.15. The van der Waals surface area contributed by atoms with Crippen molar-refractivity contribution in [3.63, 3.8) is 0 Å². The van der Waals surface area contributed by atoms with Gasteiger partial charge in [0.1, 0.15) is 22.8 Å². The van der Waals surface area contributed by atoms with E-state index in [9.17, 15) is 9.90 Å². The minimum atomic E-state index is -0.909. The molecular weight excluding hydrogens is 452 g/mol. The highest BCUT2D eigenvalue weighted by atomic mass is 16.5. The summed E-state index contributed by atoms with van der Waals surface area (Å²) in [5, 5.41) is 13.9. The van der Waals surface area contributed by atoms with Gasteiger partial charge < -0.3 is 19.9 Å². The van der Waals surface area contributed by atoms with Crippen molar-refractivity contribution in [2.75, 3.05) is 26.7 Å². The zero-order valence-electron chi connectivity index (χ0n) is 20.4. The normalized spacial score (nSPS) is 22.3. The number of nitrogens with zero attached hydrogens (tertiary/aromatic N) is 1. The molecule has 3 heterocycles. The van der Waals surface area contributed by atoms with Crippen LogP contribution in [0.2, 0.25) is 0 Å². The van der Waals surface area contributed by atoms with Crippen LogP contribution in [0.25, 0.3) is 0 Å². The first kappa shape index (κ1) is 23.9. The van der Waals surface area contributed by atoms with Crippen LogP contribution in [0.4, 0.5) is 0 Å². The molecule has 36 heavy (non-hydrogen) atoms. The Morgan fingerprint density at radius 1 is 1.03 bits per heavy atom. The second kappa shape index (κ2) is 10.4. The number of carbonyl (C=O) groups is 1. The molecule has 3 fully saturated rings. The maximum Gasteiger partial charge on any atom is 0.251 e. The van der Waals surface area contributed by atoms with Crippen LogP contribution in [0, 0.1) is 17.8 Å². The summed E-state index contributed by atoms with van der Waals surface area (Å²) in [7, 11) is 1.62. The minimum absolute atomic E-state index is 0.156. The van der Waals surface area contributed by atoms with Gasteiger partial charge in [0.15, 0.2) is 0 Å². The lowest BCUT2D eigenvalue weighted by molar-refractivity contribution is -0.0713. The first-order chi connectivity index (χ1) is 17.5. The molecule has 3 aliphatic rings. The van der Waals surface area contributed by atoms with E-state index in [1.54, 1.807) is 31.4 Å². The number of hydrogen-bond donors (Lipinski definition) is 2. The molecule has 1 atom stereocenters. The average molecular weight is 483 g/mol. The van der Waals surface area contributed by atoms with Gasteiger partial charge in [-0.3, -0.25) is 9.69 Å². The first-order valence-corrected chi connectivity index (χ1v) is 12.3. The fourth-order valence-corrected chi connectivity index (χ4v) is 4.84. The summed E-state index contributed by atoms with van der Waals surface area (Å²) in [4.78, 5) is 14.8. The Labute approximate surface area is 211 Å². The molecule has 3 aromatic carbocycles. The van der Waals surface area contributed by atoms with Crippen LogP contribution in [-0.4, -0.2) is 48.3 Å². The number of hydrogen-bond acceptors (Lipinski definition) is 5. The Morgan fingerprint density at radius 3 is 2.36 bits per heavy atom. The zero-order valence-corrected chi connectivity index (χ0v) is 20.4. The van der Waals surface area contributed by atoms with Gasteiger partial charge in [-0.25, -0.2) is 0 Å². The van der Waals surface area contributed by atoms with Crippen molar-refractivity contribution in [1.82, 2.24) is 10.2 Å². The monoisotopic (exact) mass is 482 g/mol. The van der Waals surface area contributed by atoms with Crippen molar-refractivity contribution in [3.8, 4) is 29.1 Å². The highest BCUT2D eigenvalue weighted by molar-refractivity contribution is 5.94. The molecule has 3 saturated heterocycles. The highest BCUT2D eigenvalue weighted by Gasteiger charge is 2.44. The summed E-state index contributed by atoms with van der Waals surface area (Å²) in [6, 6.07) is 22.1. The molecular formula is C30H30N2O4. The van der Waals surface area contributed by atoms with Gasteiger partial charge >= 0.3 is 0 Å². The van der Waals surface area contributed by atoms with Crippen molar-refractivity contribution in [3.05, 3.63) is 89.5 Å². The van der Waals surface area contributed by atoms with Gasteiger partial charge in [0.2, 0.25) is 0 Å². The largest absolute Gasteiger partial charge is 0.497 e. The number of nitrogens with one attached hydrogen (secondary N) is 1. The molecule has 184 valence electrons. The van der Waals surface area contributed by atoms with Crippen LogP contribution >= 0.6 is 0 Å². The number of piperidine rings is 3. The molecule has 0 unspecified atom stereocenters. The topological polar surface area (TPSA) is 71.0 Å². The number of aliphatic hydroxyl groups is 1. The lowest BCUT2D eigenvalue weighted by Crippen LogP contribution is -2.58. The van der Waals surface area contributed by atoms with Gasteiger partial charge in [0.25, 0.3) is 5.91 Å². The molecule has 0 saturated carbocycles. The SMILES string of the molecule is COc1cccc(CNC(=O)c2ccc(Oc3ccc(C#C[C@]4(O)CN5CCC4CC5)cc3)cc2)c1. The van der Waals surface area contributed by atoms with E-state index >= 15 is 0 Å². The van der Waals surface area contributed by atoms with Crippen LogP contribution in [0.1, 0.15) is 34.3 Å². The average Bonchev–Trinajstić information content (AvgIpc) is 2.92. The summed E-state index contributed by atoms with van der Waals surface area (Å²) in [6.45, 7) is 3.19. The number of carbonyl (C=O) groups excluding carboxylic acids is 1. The van der Waals surface area contributed by atoms with Crippen LogP contribution in [-0.2, 0) is 6.54 Å². The maximum atomic E-state index is 12.5. The Hall–Kier alpha value is -3.79. The van der Waals surface area contributed by atoms with Crippen LogP contribution in [0.3, 0.4) is 0 Å². The fraction of sp³-hybridized carbons (Fsp3) is 0.300. The third kappa shape index (κ3) is 5.54. The van der Waals surface area contributed by atoms with Gasteiger partial charge in [-0.15, -0.1) is 0 Å². The molecule has 0 aliphatic carbocycles. The molecule has 2 N–H and O–H groups in total. The number of methoxy groups -OCH3 is 1. The molecule has 3 aromatic rings. The van der Waals surface area contributed by atoms with Gasteiger partial charge in [0, 0.05) is 30.1 Å². The van der Waals surface area contributed by atoms with Gasteiger partial charge in [-0.1, -0.05) is 24.0 Å². The van der Waals surface area contributed by atoms with E-state index in [2.05, 4.69) is 22.1 Å². The molecule has 6 nitrogen and oxygen atoms in total. The predicted octanol–water partition coefficient (Wildman–Crippen LogP) is 4.23.